The molecule has 3 atom stereocenters. The lowest BCUT2D eigenvalue weighted by Gasteiger charge is -2.38. The summed E-state index contributed by atoms with van der Waals surface area (Å²) in [5.41, 5.74) is 0. The number of rotatable bonds is 1. The van der Waals surface area contributed by atoms with Crippen molar-refractivity contribution >= 4 is 17.7 Å². The lowest BCUT2D eigenvalue weighted by molar-refractivity contribution is -0.139. The fourth-order valence-electron chi connectivity index (χ4n) is 1.74. The molecule has 0 aliphatic carbocycles. The smallest absolute Gasteiger partial charge is 0.321 e. The molecule has 2 heterocycles. The van der Waals surface area contributed by atoms with E-state index in [0.717, 1.165) is 19.6 Å². The molecule has 2 rings (SSSR count). The Labute approximate surface area is 81.0 Å². The Morgan fingerprint density at radius 3 is 3.23 bits per heavy atom. The zero-order valence-electron chi connectivity index (χ0n) is 7.23. The van der Waals surface area contributed by atoms with E-state index in [2.05, 4.69) is 5.32 Å². The molecule has 13 heavy (non-hydrogen) atoms. The molecule has 2 fully saturated rings. The van der Waals surface area contributed by atoms with E-state index in [1.165, 1.54) is 0 Å². The molecule has 0 saturated carbocycles. The highest BCUT2D eigenvalue weighted by Crippen LogP contribution is 2.26. The van der Waals surface area contributed by atoms with Crippen LogP contribution in [0.2, 0.25) is 0 Å². The number of aliphatic carboxylic acids is 1. The van der Waals surface area contributed by atoms with E-state index in [9.17, 15) is 4.79 Å². The average Bonchev–Trinajstić information content (AvgIpc) is 2.17. The number of hydrogen-bond donors (Lipinski definition) is 2. The number of carboxylic acid groups (broad SMARTS) is 1. The molecule has 0 aromatic heterocycles. The SMILES string of the molecule is O=C(O)C1CSC2COCCC2N1. The molecule has 2 aliphatic rings. The molecule has 4 nitrogen and oxygen atoms in total. The van der Waals surface area contributed by atoms with Gasteiger partial charge in [0.25, 0.3) is 0 Å². The van der Waals surface area contributed by atoms with Crippen molar-refractivity contribution in [3.63, 3.8) is 0 Å². The lowest BCUT2D eigenvalue weighted by atomic mass is 10.1. The highest BCUT2D eigenvalue weighted by Gasteiger charge is 2.35. The summed E-state index contributed by atoms with van der Waals surface area (Å²) in [5, 5.41) is 12.4. The Morgan fingerprint density at radius 2 is 2.46 bits per heavy atom. The first-order chi connectivity index (χ1) is 6.27. The maximum atomic E-state index is 10.7. The van der Waals surface area contributed by atoms with Gasteiger partial charge in [-0.15, -0.1) is 0 Å². The van der Waals surface area contributed by atoms with Gasteiger partial charge in [-0.3, -0.25) is 10.1 Å². The maximum Gasteiger partial charge on any atom is 0.321 e. The van der Waals surface area contributed by atoms with Gasteiger partial charge in [-0.25, -0.2) is 0 Å². The Morgan fingerprint density at radius 1 is 1.62 bits per heavy atom. The Hall–Kier alpha value is -0.260. The van der Waals surface area contributed by atoms with Gasteiger partial charge in [-0.1, -0.05) is 0 Å². The molecule has 5 heteroatoms. The van der Waals surface area contributed by atoms with Crippen LogP contribution >= 0.6 is 11.8 Å². The van der Waals surface area contributed by atoms with E-state index in [1.54, 1.807) is 11.8 Å². The van der Waals surface area contributed by atoms with Crippen molar-refractivity contribution in [2.24, 2.45) is 0 Å². The second-order valence-electron chi connectivity index (χ2n) is 3.40. The Kier molecular flexibility index (Phi) is 2.76. The molecular weight excluding hydrogens is 190 g/mol. The summed E-state index contributed by atoms with van der Waals surface area (Å²) in [6.07, 6.45) is 0.932. The van der Waals surface area contributed by atoms with Gasteiger partial charge in [0, 0.05) is 23.7 Å². The number of hydrogen-bond acceptors (Lipinski definition) is 4. The van der Waals surface area contributed by atoms with E-state index in [0.29, 0.717) is 17.0 Å². The van der Waals surface area contributed by atoms with Gasteiger partial charge < -0.3 is 9.84 Å². The summed E-state index contributed by atoms with van der Waals surface area (Å²) < 4.78 is 5.33. The van der Waals surface area contributed by atoms with Crippen LogP contribution in [0.4, 0.5) is 0 Å². The topological polar surface area (TPSA) is 58.6 Å². The van der Waals surface area contributed by atoms with Crippen molar-refractivity contribution in [3.8, 4) is 0 Å². The maximum absolute atomic E-state index is 10.7. The summed E-state index contributed by atoms with van der Waals surface area (Å²) in [6.45, 7) is 1.51. The molecule has 0 aromatic rings. The highest BCUT2D eigenvalue weighted by atomic mass is 32.2. The van der Waals surface area contributed by atoms with Gasteiger partial charge in [-0.05, 0) is 6.42 Å². The summed E-state index contributed by atoms with van der Waals surface area (Å²) in [6, 6.07) is -0.0436. The Balaban J connectivity index is 1.95. The second kappa shape index (κ2) is 3.86. The molecule has 2 N–H and O–H groups in total. The fourth-order valence-corrected chi connectivity index (χ4v) is 3.05. The predicted octanol–water partition coefficient (Wildman–Crippen LogP) is -0.0665. The first-order valence-corrected chi connectivity index (χ1v) is 5.50. The monoisotopic (exact) mass is 203 g/mol. The van der Waals surface area contributed by atoms with E-state index in [-0.39, 0.29) is 6.04 Å². The van der Waals surface area contributed by atoms with Crippen LogP contribution in [-0.2, 0) is 9.53 Å². The van der Waals surface area contributed by atoms with Gasteiger partial charge in [0.05, 0.1) is 6.61 Å². The van der Waals surface area contributed by atoms with Crippen LogP contribution in [-0.4, -0.2) is 47.4 Å². The molecule has 0 radical (unpaired) electrons. The van der Waals surface area contributed by atoms with Gasteiger partial charge in [0.15, 0.2) is 0 Å². The first-order valence-electron chi connectivity index (χ1n) is 4.45. The van der Waals surface area contributed by atoms with Gasteiger partial charge in [0.2, 0.25) is 0 Å². The molecule has 3 unspecified atom stereocenters. The Bertz CT molecular complexity index is 212. The van der Waals surface area contributed by atoms with Gasteiger partial charge in [0.1, 0.15) is 6.04 Å². The summed E-state index contributed by atoms with van der Waals surface area (Å²) in [4.78, 5) is 10.7. The number of carbonyl (C=O) groups is 1. The minimum Gasteiger partial charge on any atom is -0.480 e. The van der Waals surface area contributed by atoms with Crippen LogP contribution in [0, 0.1) is 0 Å². The van der Waals surface area contributed by atoms with E-state index >= 15 is 0 Å². The van der Waals surface area contributed by atoms with Crippen molar-refractivity contribution in [1.29, 1.82) is 0 Å². The highest BCUT2D eigenvalue weighted by molar-refractivity contribution is 8.00. The van der Waals surface area contributed by atoms with Crippen LogP contribution < -0.4 is 5.32 Å². The van der Waals surface area contributed by atoms with E-state index < -0.39 is 5.97 Å². The second-order valence-corrected chi connectivity index (χ2v) is 4.67. The summed E-state index contributed by atoms with van der Waals surface area (Å²) in [7, 11) is 0. The third-order valence-corrected chi connectivity index (χ3v) is 3.91. The molecule has 2 aliphatic heterocycles. The number of thioether (sulfide) groups is 1. The zero-order valence-corrected chi connectivity index (χ0v) is 8.05. The van der Waals surface area contributed by atoms with Gasteiger partial charge in [-0.2, -0.15) is 11.8 Å². The average molecular weight is 203 g/mol. The van der Waals surface area contributed by atoms with Crippen LogP contribution in [0.1, 0.15) is 6.42 Å². The third-order valence-electron chi connectivity index (χ3n) is 2.49. The molecule has 0 aromatic carbocycles. The summed E-state index contributed by atoms with van der Waals surface area (Å²) >= 11 is 1.72. The summed E-state index contributed by atoms with van der Waals surface area (Å²) in [5.74, 6) is -0.0858. The van der Waals surface area contributed by atoms with Crippen LogP contribution in [0.3, 0.4) is 0 Å². The van der Waals surface area contributed by atoms with Crippen LogP contribution in [0.25, 0.3) is 0 Å². The molecule has 74 valence electrons. The van der Waals surface area contributed by atoms with E-state index in [4.69, 9.17) is 9.84 Å². The third kappa shape index (κ3) is 1.98. The van der Waals surface area contributed by atoms with Crippen LogP contribution in [0.15, 0.2) is 0 Å². The molecule has 0 amide bonds. The van der Waals surface area contributed by atoms with Crippen molar-refractivity contribution in [3.05, 3.63) is 0 Å². The molecule has 0 spiro atoms. The number of ether oxygens (including phenoxy) is 1. The van der Waals surface area contributed by atoms with Crippen molar-refractivity contribution in [2.75, 3.05) is 19.0 Å². The first kappa shape index (κ1) is 9.30. The minimum atomic E-state index is -0.738. The largest absolute Gasteiger partial charge is 0.480 e. The van der Waals surface area contributed by atoms with E-state index in [1.807, 2.05) is 0 Å². The van der Waals surface area contributed by atoms with Crippen molar-refractivity contribution < 1.29 is 14.6 Å². The normalized spacial score (nSPS) is 39.5. The number of fused-ring (bicyclic) bond motifs is 1. The molecule has 0 bridgehead atoms. The number of carboxylic acids is 1. The zero-order chi connectivity index (χ0) is 9.26. The van der Waals surface area contributed by atoms with Crippen molar-refractivity contribution in [2.45, 2.75) is 23.8 Å². The number of nitrogens with one attached hydrogen (secondary N) is 1. The quantitative estimate of drug-likeness (QED) is 0.625. The fraction of sp³-hybridized carbons (Fsp3) is 0.875. The lowest BCUT2D eigenvalue weighted by Crippen LogP contribution is -2.56. The molecular formula is C8H13NO3S. The standard InChI is InChI=1S/C8H13NO3S/c10-8(11)6-4-13-7-3-12-2-1-5(7)9-6/h5-7,9H,1-4H2,(H,10,11). The minimum absolute atomic E-state index is 0.327. The predicted molar refractivity (Wildman–Crippen MR) is 50.0 cm³/mol. The van der Waals surface area contributed by atoms with Gasteiger partial charge >= 0.3 is 5.97 Å². The van der Waals surface area contributed by atoms with Crippen molar-refractivity contribution in [1.82, 2.24) is 5.32 Å². The van der Waals surface area contributed by atoms with Crippen LogP contribution in [0.5, 0.6) is 0 Å². The molecule has 2 saturated heterocycles.